The zero-order valence-electron chi connectivity index (χ0n) is 18.1. The highest BCUT2D eigenvalue weighted by Gasteiger charge is 2.53. The molecule has 4 aliphatic carbocycles. The van der Waals surface area contributed by atoms with Gasteiger partial charge in [-0.05, 0) is 93.6 Å². The number of hydrogen-bond acceptors (Lipinski definition) is 2. The summed E-state index contributed by atoms with van der Waals surface area (Å²) in [5.41, 5.74) is 1.16. The van der Waals surface area contributed by atoms with Crippen LogP contribution in [0.5, 0.6) is 0 Å². The topological polar surface area (TPSA) is 61.4 Å². The molecule has 1 atom stereocenters. The van der Waals surface area contributed by atoms with Crippen molar-refractivity contribution in [3.8, 4) is 0 Å². The third kappa shape index (κ3) is 3.83. The van der Waals surface area contributed by atoms with Crippen LogP contribution in [0.1, 0.15) is 58.3 Å². The number of carbonyl (C=O) groups is 2. The van der Waals surface area contributed by atoms with Crippen LogP contribution in [0, 0.1) is 29.1 Å². The zero-order valence-corrected chi connectivity index (χ0v) is 18.1. The lowest BCUT2D eigenvalue weighted by atomic mass is 9.48. The lowest BCUT2D eigenvalue weighted by molar-refractivity contribution is -0.130. The maximum Gasteiger partial charge on any atom is 0.321 e. The molecule has 1 saturated heterocycles. The average Bonchev–Trinajstić information content (AvgIpc) is 2.73. The van der Waals surface area contributed by atoms with Crippen LogP contribution in [0.4, 0.5) is 10.5 Å². The van der Waals surface area contributed by atoms with E-state index >= 15 is 0 Å². The van der Waals surface area contributed by atoms with E-state index in [1.165, 1.54) is 38.5 Å². The molecule has 2 N–H and O–H groups in total. The van der Waals surface area contributed by atoms with Gasteiger partial charge in [-0.2, -0.15) is 0 Å². The van der Waals surface area contributed by atoms with E-state index in [0.29, 0.717) is 18.5 Å². The van der Waals surface area contributed by atoms with Crippen LogP contribution in [-0.4, -0.2) is 36.0 Å². The molecule has 162 valence electrons. The first-order valence-electron chi connectivity index (χ1n) is 11.9. The molecule has 5 fully saturated rings. The second-order valence-electron chi connectivity index (χ2n) is 10.6. The fraction of sp³-hybridized carbons (Fsp3) is 0.680. The molecule has 6 rings (SSSR count). The van der Waals surface area contributed by atoms with E-state index < -0.39 is 0 Å². The van der Waals surface area contributed by atoms with Crippen molar-refractivity contribution in [3.05, 3.63) is 30.3 Å². The van der Waals surface area contributed by atoms with Gasteiger partial charge in [0, 0.05) is 30.7 Å². The molecule has 5 nitrogen and oxygen atoms in total. The molecule has 5 aliphatic rings. The molecule has 1 aliphatic heterocycles. The van der Waals surface area contributed by atoms with Crippen molar-refractivity contribution >= 4 is 17.6 Å². The number of nitrogens with zero attached hydrogens (tertiary/aromatic N) is 1. The number of piperidine rings is 1. The van der Waals surface area contributed by atoms with Crippen LogP contribution < -0.4 is 10.6 Å². The van der Waals surface area contributed by atoms with E-state index in [9.17, 15) is 9.59 Å². The number of rotatable bonds is 4. The molecule has 1 unspecified atom stereocenters. The van der Waals surface area contributed by atoms with Gasteiger partial charge in [0.1, 0.15) is 0 Å². The van der Waals surface area contributed by atoms with E-state index in [1.54, 1.807) is 0 Å². The molecule has 4 bridgehead atoms. The Hall–Kier alpha value is -2.04. The summed E-state index contributed by atoms with van der Waals surface area (Å²) in [5.74, 6) is 2.95. The quantitative estimate of drug-likeness (QED) is 0.760. The number of likely N-dealkylation sites (tertiary alicyclic amines) is 1. The Kier molecular flexibility index (Phi) is 5.24. The lowest BCUT2D eigenvalue weighted by Gasteiger charge is -2.59. The predicted molar refractivity (Wildman–Crippen MR) is 118 cm³/mol. The number of nitrogens with one attached hydrogen (secondary N) is 2. The summed E-state index contributed by atoms with van der Waals surface area (Å²) in [5, 5.41) is 6.38. The monoisotopic (exact) mass is 409 g/mol. The number of hydrogen-bond donors (Lipinski definition) is 2. The summed E-state index contributed by atoms with van der Waals surface area (Å²) in [4.78, 5) is 27.4. The van der Waals surface area contributed by atoms with E-state index in [0.717, 1.165) is 36.3 Å². The van der Waals surface area contributed by atoms with Crippen LogP contribution in [0.25, 0.3) is 0 Å². The first kappa shape index (κ1) is 19.9. The highest BCUT2D eigenvalue weighted by molar-refractivity contribution is 5.89. The number of para-hydroxylation sites is 1. The summed E-state index contributed by atoms with van der Waals surface area (Å²) in [6, 6.07) is 9.76. The third-order valence-corrected chi connectivity index (χ3v) is 8.54. The summed E-state index contributed by atoms with van der Waals surface area (Å²) < 4.78 is 0. The molecule has 1 heterocycles. The number of benzene rings is 1. The Labute approximate surface area is 180 Å². The Morgan fingerprint density at radius 3 is 2.10 bits per heavy atom. The van der Waals surface area contributed by atoms with Gasteiger partial charge in [-0.15, -0.1) is 0 Å². The van der Waals surface area contributed by atoms with Gasteiger partial charge in [0.15, 0.2) is 0 Å². The van der Waals surface area contributed by atoms with Crippen LogP contribution in [-0.2, 0) is 4.79 Å². The second-order valence-corrected chi connectivity index (χ2v) is 10.6. The van der Waals surface area contributed by atoms with E-state index in [1.807, 2.05) is 35.2 Å². The number of amides is 3. The van der Waals surface area contributed by atoms with Gasteiger partial charge in [-0.25, -0.2) is 4.79 Å². The molecule has 1 aromatic carbocycles. The lowest BCUT2D eigenvalue weighted by Crippen LogP contribution is -2.57. The number of urea groups is 1. The minimum absolute atomic E-state index is 0.0298. The SMILES string of the molecule is CC(NC(=O)C1CCN(C(=O)Nc2ccccc2)CC1)C12CC3CC(CC(C3)C1)C2. The molecule has 5 heteroatoms. The van der Waals surface area contributed by atoms with Gasteiger partial charge in [0.25, 0.3) is 0 Å². The van der Waals surface area contributed by atoms with Gasteiger partial charge < -0.3 is 15.5 Å². The van der Waals surface area contributed by atoms with E-state index in [4.69, 9.17) is 0 Å². The van der Waals surface area contributed by atoms with Gasteiger partial charge in [0.05, 0.1) is 0 Å². The van der Waals surface area contributed by atoms with Gasteiger partial charge in [0.2, 0.25) is 5.91 Å². The van der Waals surface area contributed by atoms with E-state index in [-0.39, 0.29) is 23.9 Å². The van der Waals surface area contributed by atoms with Crippen molar-refractivity contribution in [2.75, 3.05) is 18.4 Å². The zero-order chi connectivity index (χ0) is 20.7. The normalized spacial score (nSPS) is 33.9. The van der Waals surface area contributed by atoms with Crippen molar-refractivity contribution in [2.24, 2.45) is 29.1 Å². The molecule has 0 spiro atoms. The Balaban J connectivity index is 1.12. The van der Waals surface area contributed by atoms with Crippen LogP contribution in [0.3, 0.4) is 0 Å². The maximum atomic E-state index is 13.0. The van der Waals surface area contributed by atoms with Crippen LogP contribution >= 0.6 is 0 Å². The van der Waals surface area contributed by atoms with Crippen molar-refractivity contribution in [1.29, 1.82) is 0 Å². The second kappa shape index (κ2) is 7.90. The van der Waals surface area contributed by atoms with Crippen molar-refractivity contribution in [1.82, 2.24) is 10.2 Å². The summed E-state index contributed by atoms with van der Waals surface area (Å²) in [6.07, 6.45) is 9.76. The van der Waals surface area contributed by atoms with Crippen molar-refractivity contribution in [3.63, 3.8) is 0 Å². The fourth-order valence-electron chi connectivity index (χ4n) is 7.26. The van der Waals surface area contributed by atoms with E-state index in [2.05, 4.69) is 17.6 Å². The van der Waals surface area contributed by atoms with Crippen LogP contribution in [0.2, 0.25) is 0 Å². The highest BCUT2D eigenvalue weighted by Crippen LogP contribution is 2.61. The molecule has 1 aromatic rings. The van der Waals surface area contributed by atoms with Crippen molar-refractivity contribution < 1.29 is 9.59 Å². The fourth-order valence-corrected chi connectivity index (χ4v) is 7.26. The molecular weight excluding hydrogens is 374 g/mol. The first-order valence-corrected chi connectivity index (χ1v) is 11.9. The highest BCUT2D eigenvalue weighted by atomic mass is 16.2. The van der Waals surface area contributed by atoms with Gasteiger partial charge in [-0.3, -0.25) is 4.79 Å². The average molecular weight is 410 g/mol. The minimum Gasteiger partial charge on any atom is -0.353 e. The first-order chi connectivity index (χ1) is 14.5. The van der Waals surface area contributed by atoms with Gasteiger partial charge in [-0.1, -0.05) is 18.2 Å². The number of carbonyl (C=O) groups excluding carboxylic acids is 2. The largest absolute Gasteiger partial charge is 0.353 e. The molecule has 0 radical (unpaired) electrons. The molecule has 0 aromatic heterocycles. The standard InChI is InChI=1S/C25H35N3O2/c1-17(25-14-18-11-19(15-25)13-20(12-18)16-25)26-23(29)21-7-9-28(10-8-21)24(30)27-22-5-3-2-4-6-22/h2-6,17-21H,7-16H2,1H3,(H,26,29)(H,27,30). The Morgan fingerprint density at radius 2 is 1.53 bits per heavy atom. The summed E-state index contributed by atoms with van der Waals surface area (Å²) >= 11 is 0. The predicted octanol–water partition coefficient (Wildman–Crippen LogP) is 4.65. The van der Waals surface area contributed by atoms with Gasteiger partial charge >= 0.3 is 6.03 Å². The molecular formula is C25H35N3O2. The Bertz CT molecular complexity index is 750. The number of anilines is 1. The smallest absolute Gasteiger partial charge is 0.321 e. The summed E-state index contributed by atoms with van der Waals surface area (Å²) in [7, 11) is 0. The Morgan fingerprint density at radius 1 is 0.967 bits per heavy atom. The minimum atomic E-state index is -0.0676. The maximum absolute atomic E-state index is 13.0. The third-order valence-electron chi connectivity index (χ3n) is 8.54. The molecule has 30 heavy (non-hydrogen) atoms. The van der Waals surface area contributed by atoms with Crippen molar-refractivity contribution in [2.45, 2.75) is 64.3 Å². The van der Waals surface area contributed by atoms with Crippen LogP contribution in [0.15, 0.2) is 30.3 Å². The molecule has 4 saturated carbocycles. The summed E-state index contributed by atoms with van der Waals surface area (Å²) in [6.45, 7) is 3.54. The molecule has 3 amide bonds.